The molecule has 146 valence electrons. The van der Waals surface area contributed by atoms with Crippen LogP contribution in [0.4, 0.5) is 0 Å². The Morgan fingerprint density at radius 2 is 1.93 bits per heavy atom. The highest BCUT2D eigenvalue weighted by Crippen LogP contribution is 2.19. The summed E-state index contributed by atoms with van der Waals surface area (Å²) in [5, 5.41) is 4.93. The van der Waals surface area contributed by atoms with Crippen LogP contribution in [-0.2, 0) is 26.1 Å². The third-order valence-electron chi connectivity index (χ3n) is 6.07. The van der Waals surface area contributed by atoms with Crippen molar-refractivity contribution in [2.24, 2.45) is 0 Å². The molecule has 1 atom stereocenters. The minimum absolute atomic E-state index is 0.693. The molecule has 2 aromatic rings. The van der Waals surface area contributed by atoms with Crippen LogP contribution in [0.25, 0.3) is 0 Å². The highest BCUT2D eigenvalue weighted by atomic mass is 15.3. The summed E-state index contributed by atoms with van der Waals surface area (Å²) < 4.78 is 2.26. The fourth-order valence-corrected chi connectivity index (χ4v) is 4.39. The molecule has 3 heterocycles. The van der Waals surface area contributed by atoms with Gasteiger partial charge in [0.1, 0.15) is 0 Å². The molecule has 4 rings (SSSR count). The Bertz CT molecular complexity index is 724. The topological polar surface area (TPSA) is 27.5 Å². The maximum atomic E-state index is 4.93. The normalized spacial score (nSPS) is 21.5. The quantitative estimate of drug-likeness (QED) is 0.784. The highest BCUT2D eigenvalue weighted by molar-refractivity contribution is 5.15. The predicted octanol–water partition coefficient (Wildman–Crippen LogP) is 2.47. The molecule has 5 heteroatoms. The standard InChI is InChI=1S/C22H33N5/c1-24(2)21-10-14-26(17-21)16-20-15-22-18-25(11-6-12-27(22)23-20)13-9-19-7-4-3-5-8-19/h3-5,7-8,15,21H,6,9-14,16-18H2,1-2H3. The van der Waals surface area contributed by atoms with Gasteiger partial charge in [0, 0.05) is 51.9 Å². The molecule has 1 aromatic heterocycles. The number of likely N-dealkylation sites (tertiary alicyclic amines) is 1. The average Bonchev–Trinajstić information content (AvgIpc) is 3.23. The number of hydrogen-bond acceptors (Lipinski definition) is 4. The van der Waals surface area contributed by atoms with Crippen molar-refractivity contribution in [3.8, 4) is 0 Å². The molecule has 1 saturated heterocycles. The minimum Gasteiger partial charge on any atom is -0.305 e. The van der Waals surface area contributed by atoms with Crippen molar-refractivity contribution in [1.82, 2.24) is 24.5 Å². The van der Waals surface area contributed by atoms with E-state index in [0.717, 1.165) is 32.6 Å². The molecule has 0 amide bonds. The van der Waals surface area contributed by atoms with Crippen LogP contribution in [0, 0.1) is 0 Å². The molecular formula is C22H33N5. The lowest BCUT2D eigenvalue weighted by Gasteiger charge is -2.20. The number of aryl methyl sites for hydroxylation is 1. The van der Waals surface area contributed by atoms with E-state index in [2.05, 4.69) is 69.9 Å². The SMILES string of the molecule is CN(C)C1CCN(Cc2cc3n(n2)CCCN(CCc2ccccc2)C3)C1. The van der Waals surface area contributed by atoms with E-state index in [1.54, 1.807) is 0 Å². The number of aromatic nitrogens is 2. The van der Waals surface area contributed by atoms with Crippen molar-refractivity contribution in [2.45, 2.75) is 44.9 Å². The summed E-state index contributed by atoms with van der Waals surface area (Å²) in [6, 6.07) is 13.9. The van der Waals surface area contributed by atoms with Crippen molar-refractivity contribution in [2.75, 3.05) is 40.3 Å². The van der Waals surface area contributed by atoms with Gasteiger partial charge in [-0.15, -0.1) is 0 Å². The number of nitrogens with zero attached hydrogens (tertiary/aromatic N) is 5. The summed E-state index contributed by atoms with van der Waals surface area (Å²) in [6.07, 6.45) is 3.59. The maximum Gasteiger partial charge on any atom is 0.0768 e. The van der Waals surface area contributed by atoms with Crippen LogP contribution in [0.2, 0.25) is 0 Å². The molecule has 1 aromatic carbocycles. The molecule has 1 fully saturated rings. The molecular weight excluding hydrogens is 334 g/mol. The van der Waals surface area contributed by atoms with Gasteiger partial charge in [-0.2, -0.15) is 5.10 Å². The number of likely N-dealkylation sites (N-methyl/N-ethyl adjacent to an activating group) is 1. The number of benzene rings is 1. The molecule has 0 saturated carbocycles. The molecule has 0 bridgehead atoms. The van der Waals surface area contributed by atoms with Gasteiger partial charge in [0.25, 0.3) is 0 Å². The van der Waals surface area contributed by atoms with Gasteiger partial charge in [0.15, 0.2) is 0 Å². The second kappa shape index (κ2) is 8.55. The Balaban J connectivity index is 1.34. The Morgan fingerprint density at radius 3 is 2.70 bits per heavy atom. The molecule has 5 nitrogen and oxygen atoms in total. The first-order valence-corrected chi connectivity index (χ1v) is 10.4. The lowest BCUT2D eigenvalue weighted by Crippen LogP contribution is -2.31. The molecule has 27 heavy (non-hydrogen) atoms. The zero-order chi connectivity index (χ0) is 18.6. The van der Waals surface area contributed by atoms with Crippen molar-refractivity contribution >= 4 is 0 Å². The van der Waals surface area contributed by atoms with Crippen LogP contribution < -0.4 is 0 Å². The van der Waals surface area contributed by atoms with Crippen LogP contribution >= 0.6 is 0 Å². The Hall–Kier alpha value is -1.69. The summed E-state index contributed by atoms with van der Waals surface area (Å²) in [7, 11) is 4.38. The van der Waals surface area contributed by atoms with Gasteiger partial charge in [0.05, 0.1) is 11.4 Å². The van der Waals surface area contributed by atoms with Crippen molar-refractivity contribution in [3.63, 3.8) is 0 Å². The van der Waals surface area contributed by atoms with E-state index in [1.807, 2.05) is 0 Å². The summed E-state index contributed by atoms with van der Waals surface area (Å²) in [5.41, 5.74) is 4.06. The first kappa shape index (κ1) is 18.7. The van der Waals surface area contributed by atoms with E-state index in [4.69, 9.17) is 5.10 Å². The summed E-state index contributed by atoms with van der Waals surface area (Å²) in [6.45, 7) is 7.72. The van der Waals surface area contributed by atoms with E-state index < -0.39 is 0 Å². The average molecular weight is 368 g/mol. The first-order valence-electron chi connectivity index (χ1n) is 10.4. The number of fused-ring (bicyclic) bond motifs is 1. The lowest BCUT2D eigenvalue weighted by atomic mass is 10.1. The van der Waals surface area contributed by atoms with E-state index in [0.29, 0.717) is 6.04 Å². The molecule has 0 spiro atoms. The van der Waals surface area contributed by atoms with E-state index in [9.17, 15) is 0 Å². The van der Waals surface area contributed by atoms with Crippen molar-refractivity contribution < 1.29 is 0 Å². The Morgan fingerprint density at radius 1 is 1.07 bits per heavy atom. The summed E-state index contributed by atoms with van der Waals surface area (Å²) >= 11 is 0. The van der Waals surface area contributed by atoms with Gasteiger partial charge >= 0.3 is 0 Å². The van der Waals surface area contributed by atoms with Gasteiger partial charge in [-0.1, -0.05) is 30.3 Å². The van der Waals surface area contributed by atoms with Crippen LogP contribution in [0.5, 0.6) is 0 Å². The second-order valence-corrected chi connectivity index (χ2v) is 8.36. The third kappa shape index (κ3) is 4.78. The highest BCUT2D eigenvalue weighted by Gasteiger charge is 2.25. The molecule has 2 aliphatic rings. The molecule has 0 N–H and O–H groups in total. The molecule has 0 radical (unpaired) electrons. The summed E-state index contributed by atoms with van der Waals surface area (Å²) in [4.78, 5) is 7.50. The van der Waals surface area contributed by atoms with Crippen LogP contribution in [0.15, 0.2) is 36.4 Å². The predicted molar refractivity (Wildman–Crippen MR) is 110 cm³/mol. The van der Waals surface area contributed by atoms with Crippen LogP contribution in [0.1, 0.15) is 29.8 Å². The van der Waals surface area contributed by atoms with Crippen molar-refractivity contribution in [3.05, 3.63) is 53.3 Å². The fourth-order valence-electron chi connectivity index (χ4n) is 4.39. The zero-order valence-electron chi connectivity index (χ0n) is 16.8. The van der Waals surface area contributed by atoms with Gasteiger partial charge in [-0.3, -0.25) is 14.5 Å². The van der Waals surface area contributed by atoms with Crippen molar-refractivity contribution in [1.29, 1.82) is 0 Å². The Labute approximate surface area is 163 Å². The minimum atomic E-state index is 0.693. The summed E-state index contributed by atoms with van der Waals surface area (Å²) in [5.74, 6) is 0. The van der Waals surface area contributed by atoms with E-state index in [-0.39, 0.29) is 0 Å². The maximum absolute atomic E-state index is 4.93. The largest absolute Gasteiger partial charge is 0.305 e. The van der Waals surface area contributed by atoms with Gasteiger partial charge in [-0.05, 0) is 45.0 Å². The fraction of sp³-hybridized carbons (Fsp3) is 0.591. The van der Waals surface area contributed by atoms with Gasteiger partial charge < -0.3 is 4.90 Å². The third-order valence-corrected chi connectivity index (χ3v) is 6.07. The smallest absolute Gasteiger partial charge is 0.0768 e. The van der Waals surface area contributed by atoms with E-state index >= 15 is 0 Å². The first-order chi connectivity index (χ1) is 13.2. The zero-order valence-corrected chi connectivity index (χ0v) is 16.8. The molecule has 2 aliphatic heterocycles. The van der Waals surface area contributed by atoms with Gasteiger partial charge in [0.2, 0.25) is 0 Å². The molecule has 0 aliphatic carbocycles. The van der Waals surface area contributed by atoms with Gasteiger partial charge in [-0.25, -0.2) is 0 Å². The Kier molecular flexibility index (Phi) is 5.91. The second-order valence-electron chi connectivity index (χ2n) is 8.36. The molecule has 1 unspecified atom stereocenters. The number of hydrogen-bond donors (Lipinski definition) is 0. The van der Waals surface area contributed by atoms with Crippen LogP contribution in [-0.4, -0.2) is 70.8 Å². The van der Waals surface area contributed by atoms with E-state index in [1.165, 1.54) is 49.4 Å². The van der Waals surface area contributed by atoms with Crippen LogP contribution in [0.3, 0.4) is 0 Å². The lowest BCUT2D eigenvalue weighted by molar-refractivity contribution is 0.262. The monoisotopic (exact) mass is 367 g/mol. The number of rotatable bonds is 6.